The first kappa shape index (κ1) is 11.2. The summed E-state index contributed by atoms with van der Waals surface area (Å²) in [6.45, 7) is 5.14. The second-order valence-corrected chi connectivity index (χ2v) is 3.24. The van der Waals surface area contributed by atoms with Gasteiger partial charge < -0.3 is 5.21 Å². The molecule has 0 fully saturated rings. The zero-order valence-corrected chi connectivity index (χ0v) is 9.55. The zero-order valence-electron chi connectivity index (χ0n) is 9.55. The molecular weight excluding hydrogens is 224 g/mol. The molecule has 90 valence electrons. The summed E-state index contributed by atoms with van der Waals surface area (Å²) >= 11 is 0. The van der Waals surface area contributed by atoms with Gasteiger partial charge in [0.1, 0.15) is 11.3 Å². The SMILES string of the molecule is CCn1cc(/N=[N+](\[O-])c2cn(CC)nn2)nn1. The van der Waals surface area contributed by atoms with Crippen molar-refractivity contribution in [1.82, 2.24) is 30.0 Å². The molecule has 0 aliphatic heterocycles. The Balaban J connectivity index is 2.20. The molecule has 0 saturated carbocycles. The number of rotatable bonds is 4. The highest BCUT2D eigenvalue weighted by Gasteiger charge is 2.11. The van der Waals surface area contributed by atoms with Gasteiger partial charge in [0.25, 0.3) is 0 Å². The summed E-state index contributed by atoms with van der Waals surface area (Å²) < 4.78 is 3.12. The molecule has 0 saturated heterocycles. The molecule has 0 radical (unpaired) electrons. The van der Waals surface area contributed by atoms with Gasteiger partial charge >= 0.3 is 5.82 Å². The van der Waals surface area contributed by atoms with Crippen LogP contribution in [0.3, 0.4) is 0 Å². The summed E-state index contributed by atoms with van der Waals surface area (Å²) in [5.41, 5.74) is 0. The smallest absolute Gasteiger partial charge is 0.394 e. The lowest BCUT2D eigenvalue weighted by Crippen LogP contribution is -1.93. The maximum atomic E-state index is 11.6. The minimum atomic E-state index is 0.123. The Bertz CT molecular complexity index is 527. The largest absolute Gasteiger partial charge is 0.690 e. The molecule has 0 spiro atoms. The maximum Gasteiger partial charge on any atom is 0.394 e. The minimum absolute atomic E-state index is 0.123. The Morgan fingerprint density at radius 2 is 1.82 bits per heavy atom. The molecule has 2 rings (SSSR count). The predicted molar refractivity (Wildman–Crippen MR) is 56.8 cm³/mol. The first-order chi connectivity index (χ1) is 8.22. The number of aryl methyl sites for hydroxylation is 2. The van der Waals surface area contributed by atoms with Crippen LogP contribution in [0.15, 0.2) is 17.5 Å². The Hall–Kier alpha value is -2.32. The van der Waals surface area contributed by atoms with Crippen LogP contribution in [0.2, 0.25) is 0 Å². The third kappa shape index (κ3) is 2.44. The third-order valence-corrected chi connectivity index (χ3v) is 2.09. The van der Waals surface area contributed by atoms with Gasteiger partial charge in [-0.2, -0.15) is 0 Å². The van der Waals surface area contributed by atoms with E-state index in [1.807, 2.05) is 13.8 Å². The third-order valence-electron chi connectivity index (χ3n) is 2.09. The van der Waals surface area contributed by atoms with Gasteiger partial charge in [-0.25, -0.2) is 4.68 Å². The van der Waals surface area contributed by atoms with Crippen molar-refractivity contribution in [3.8, 4) is 0 Å². The van der Waals surface area contributed by atoms with Crippen molar-refractivity contribution in [3.63, 3.8) is 0 Å². The molecule has 0 amide bonds. The molecular formula is C8H12N8O. The van der Waals surface area contributed by atoms with E-state index in [-0.39, 0.29) is 11.6 Å². The van der Waals surface area contributed by atoms with Crippen LogP contribution in [0.25, 0.3) is 0 Å². The summed E-state index contributed by atoms with van der Waals surface area (Å²) in [5.74, 6) is 0.366. The zero-order chi connectivity index (χ0) is 12.3. The minimum Gasteiger partial charge on any atom is -0.690 e. The average molecular weight is 236 g/mol. The first-order valence-corrected chi connectivity index (χ1v) is 5.22. The van der Waals surface area contributed by atoms with E-state index in [4.69, 9.17) is 0 Å². The van der Waals surface area contributed by atoms with Gasteiger partial charge in [-0.05, 0) is 13.8 Å². The van der Waals surface area contributed by atoms with Gasteiger partial charge in [-0.15, -0.1) is 9.96 Å². The monoisotopic (exact) mass is 236 g/mol. The molecule has 2 aromatic heterocycles. The summed E-state index contributed by atoms with van der Waals surface area (Å²) in [5, 5.41) is 30.2. The summed E-state index contributed by atoms with van der Waals surface area (Å²) in [4.78, 5) is 0.378. The number of hydrogen-bond donors (Lipinski definition) is 0. The molecule has 0 aromatic carbocycles. The predicted octanol–water partition coefficient (Wildman–Crippen LogP) is 0.835. The fourth-order valence-corrected chi connectivity index (χ4v) is 1.16. The average Bonchev–Trinajstić information content (AvgIpc) is 2.96. The number of nitrogens with zero attached hydrogens (tertiary/aromatic N) is 8. The van der Waals surface area contributed by atoms with Crippen LogP contribution in [0.1, 0.15) is 13.8 Å². The van der Waals surface area contributed by atoms with Crippen LogP contribution in [0.5, 0.6) is 0 Å². The van der Waals surface area contributed by atoms with Crippen molar-refractivity contribution in [3.05, 3.63) is 17.6 Å². The van der Waals surface area contributed by atoms with Gasteiger partial charge in [0, 0.05) is 13.1 Å². The van der Waals surface area contributed by atoms with Crippen molar-refractivity contribution in [2.75, 3.05) is 0 Å². The Morgan fingerprint density at radius 1 is 1.18 bits per heavy atom. The van der Waals surface area contributed by atoms with Crippen LogP contribution in [0.4, 0.5) is 11.6 Å². The van der Waals surface area contributed by atoms with Gasteiger partial charge in [-0.3, -0.25) is 4.68 Å². The number of hydrogen-bond acceptors (Lipinski definition) is 6. The lowest BCUT2D eigenvalue weighted by molar-refractivity contribution is -0.440. The standard InChI is InChI=1S/C8H12N8O/c1-3-14-5-7(9-12-14)11-16(17)8-6-15(4-2)13-10-8/h5-6H,3-4H2,1-2H3/b16-11-. The highest BCUT2D eigenvalue weighted by molar-refractivity contribution is 5.18. The number of azo groups is 1. The van der Waals surface area contributed by atoms with Gasteiger partial charge in [0.2, 0.25) is 5.82 Å². The topological polar surface area (TPSA) is 99.8 Å². The van der Waals surface area contributed by atoms with Crippen molar-refractivity contribution in [2.24, 2.45) is 5.11 Å². The molecule has 0 aliphatic carbocycles. The summed E-state index contributed by atoms with van der Waals surface area (Å²) in [6.07, 6.45) is 3.09. The van der Waals surface area contributed by atoms with Crippen LogP contribution in [0, 0.1) is 5.21 Å². The van der Waals surface area contributed by atoms with Crippen LogP contribution >= 0.6 is 0 Å². The van der Waals surface area contributed by atoms with E-state index < -0.39 is 0 Å². The second-order valence-electron chi connectivity index (χ2n) is 3.24. The Kier molecular flexibility index (Phi) is 3.08. The van der Waals surface area contributed by atoms with Gasteiger partial charge in [0.15, 0.2) is 0 Å². The van der Waals surface area contributed by atoms with E-state index in [0.717, 1.165) is 0 Å². The fraction of sp³-hybridized carbons (Fsp3) is 0.500. The van der Waals surface area contributed by atoms with E-state index in [2.05, 4.69) is 25.7 Å². The molecule has 9 heteroatoms. The van der Waals surface area contributed by atoms with Crippen LogP contribution in [-0.4, -0.2) is 34.8 Å². The Labute approximate surface area is 96.9 Å². The molecule has 0 bridgehead atoms. The fourth-order valence-electron chi connectivity index (χ4n) is 1.16. The van der Waals surface area contributed by atoms with Gasteiger partial charge in [-0.1, -0.05) is 10.3 Å². The number of aromatic nitrogens is 6. The lowest BCUT2D eigenvalue weighted by atomic mass is 10.7. The summed E-state index contributed by atoms with van der Waals surface area (Å²) in [7, 11) is 0. The molecule has 17 heavy (non-hydrogen) atoms. The Morgan fingerprint density at radius 3 is 2.41 bits per heavy atom. The summed E-state index contributed by atoms with van der Waals surface area (Å²) in [6, 6.07) is 0. The maximum absolute atomic E-state index is 11.6. The van der Waals surface area contributed by atoms with Crippen LogP contribution < -0.4 is 0 Å². The molecule has 0 unspecified atom stereocenters. The second kappa shape index (κ2) is 4.68. The van der Waals surface area contributed by atoms with E-state index in [0.29, 0.717) is 18.0 Å². The normalized spacial score (nSPS) is 12.0. The van der Waals surface area contributed by atoms with E-state index in [1.165, 1.54) is 6.20 Å². The molecule has 0 atom stereocenters. The van der Waals surface area contributed by atoms with Crippen molar-refractivity contribution < 1.29 is 4.86 Å². The van der Waals surface area contributed by atoms with Crippen molar-refractivity contribution in [1.29, 1.82) is 0 Å². The lowest BCUT2D eigenvalue weighted by Gasteiger charge is -1.96. The molecule has 2 heterocycles. The highest BCUT2D eigenvalue weighted by Crippen LogP contribution is 2.11. The molecule has 0 aliphatic rings. The highest BCUT2D eigenvalue weighted by atomic mass is 16.5. The molecule has 2 aromatic rings. The molecule has 9 nitrogen and oxygen atoms in total. The van der Waals surface area contributed by atoms with Crippen molar-refractivity contribution in [2.45, 2.75) is 26.9 Å². The van der Waals surface area contributed by atoms with E-state index in [1.54, 1.807) is 15.6 Å². The van der Waals surface area contributed by atoms with E-state index in [9.17, 15) is 5.21 Å². The van der Waals surface area contributed by atoms with Crippen molar-refractivity contribution >= 4 is 11.6 Å². The quantitative estimate of drug-likeness (QED) is 0.444. The van der Waals surface area contributed by atoms with Crippen LogP contribution in [-0.2, 0) is 13.1 Å². The molecule has 0 N–H and O–H groups in total. The first-order valence-electron chi connectivity index (χ1n) is 5.22. The van der Waals surface area contributed by atoms with E-state index >= 15 is 0 Å². The van der Waals surface area contributed by atoms with Gasteiger partial charge in [0.05, 0.1) is 11.4 Å².